The van der Waals surface area contributed by atoms with Crippen LogP contribution in [0.1, 0.15) is 290 Å². The summed E-state index contributed by atoms with van der Waals surface area (Å²) in [7, 11) is 0. The quantitative estimate of drug-likeness (QED) is 0.0228. The van der Waals surface area contributed by atoms with E-state index in [1.807, 2.05) is 0 Å². The van der Waals surface area contributed by atoms with Crippen LogP contribution in [-0.2, 0) is 42.9 Å². The van der Waals surface area contributed by atoms with E-state index in [0.29, 0.717) is 19.3 Å². The lowest BCUT2D eigenvalue weighted by molar-refractivity contribution is -0.301. The van der Waals surface area contributed by atoms with Gasteiger partial charge in [-0.2, -0.15) is 0 Å². The Balaban J connectivity index is 2.67. The predicted octanol–water partition coefficient (Wildman–Crippen LogP) is 16.0. The number of carboxylic acids is 1. The molecule has 436 valence electrons. The van der Waals surface area contributed by atoms with Crippen molar-refractivity contribution in [2.45, 2.75) is 327 Å². The average Bonchev–Trinajstić information content (AvgIpc) is 3.39. The molecule has 12 heteroatoms. The van der Waals surface area contributed by atoms with Gasteiger partial charge in [0.05, 0.1) is 6.61 Å². The molecule has 1 aliphatic heterocycles. The van der Waals surface area contributed by atoms with Crippen molar-refractivity contribution in [3.63, 3.8) is 0 Å². The number of aliphatic carboxylic acids is 1. The minimum atomic E-state index is -1.91. The SMILES string of the molecule is CCC/C=C\C/C=C\CCCCCCCC(=O)OC1C(OCC(COC(=O)CCCCCCCCCCCCCCCCCCC)OC(=O)CCCCCCC/C=C\CCCCCCCC)OC(C(=O)O)C(O)C1O. The van der Waals surface area contributed by atoms with Crippen LogP contribution < -0.4 is 0 Å². The number of carboxylic acid groups (broad SMARTS) is 1. The molecule has 12 nitrogen and oxygen atoms in total. The highest BCUT2D eigenvalue weighted by atomic mass is 16.7. The van der Waals surface area contributed by atoms with Crippen molar-refractivity contribution < 1.29 is 58.2 Å². The molecule has 0 aromatic carbocycles. The topological polar surface area (TPSA) is 175 Å². The van der Waals surface area contributed by atoms with E-state index >= 15 is 0 Å². The number of aliphatic hydroxyl groups is 2. The normalized spacial score (nSPS) is 18.3. The number of esters is 3. The predicted molar refractivity (Wildman–Crippen MR) is 303 cm³/mol. The Labute approximate surface area is 457 Å². The smallest absolute Gasteiger partial charge is 0.335 e. The zero-order valence-corrected chi connectivity index (χ0v) is 48.1. The lowest BCUT2D eigenvalue weighted by Gasteiger charge is -2.40. The number of carbonyl (C=O) groups excluding carboxylic acids is 3. The first kappa shape index (κ1) is 70.0. The minimum absolute atomic E-state index is 0.0460. The summed E-state index contributed by atoms with van der Waals surface area (Å²) < 4.78 is 28.5. The van der Waals surface area contributed by atoms with Crippen LogP contribution >= 0.6 is 0 Å². The van der Waals surface area contributed by atoms with Gasteiger partial charge in [-0.25, -0.2) is 4.79 Å². The maximum absolute atomic E-state index is 13.2. The van der Waals surface area contributed by atoms with Crippen LogP contribution in [-0.4, -0.2) is 89.2 Å². The van der Waals surface area contributed by atoms with Crippen molar-refractivity contribution in [1.82, 2.24) is 0 Å². The van der Waals surface area contributed by atoms with Crippen LogP contribution in [0.4, 0.5) is 0 Å². The standard InChI is InChI=1S/C63H112O12/c1-4-7-10-13-16-19-22-25-27-28-30-32-34-37-40-43-46-49-55(64)71-52-54(73-56(65)50-47-44-41-38-36-33-29-26-23-20-17-14-11-8-5-2)53-72-63-61(59(68)58(67)60(75-63)62(69)70)74-57(66)51-48-45-42-39-35-31-24-21-18-15-12-9-6-3/h12,15,21,24,26,29,54,58-61,63,67-68H,4-11,13-14,16-20,22-23,25,27-28,30-53H2,1-3H3,(H,69,70)/b15-12-,24-21-,29-26-. The molecule has 3 N–H and O–H groups in total. The van der Waals surface area contributed by atoms with E-state index in [0.717, 1.165) is 109 Å². The molecule has 1 heterocycles. The highest BCUT2D eigenvalue weighted by Crippen LogP contribution is 2.27. The number of aliphatic hydroxyl groups excluding tert-OH is 2. The Hall–Kier alpha value is -3.06. The molecule has 1 aliphatic rings. The third-order valence-corrected chi connectivity index (χ3v) is 14.2. The maximum Gasteiger partial charge on any atom is 0.335 e. The van der Waals surface area contributed by atoms with Crippen LogP contribution in [0.15, 0.2) is 36.5 Å². The van der Waals surface area contributed by atoms with Gasteiger partial charge in [0.15, 0.2) is 24.6 Å². The summed E-state index contributed by atoms with van der Waals surface area (Å²) in [6, 6.07) is 0. The van der Waals surface area contributed by atoms with E-state index in [-0.39, 0.29) is 25.9 Å². The summed E-state index contributed by atoms with van der Waals surface area (Å²) >= 11 is 0. The van der Waals surface area contributed by atoms with Crippen molar-refractivity contribution in [2.24, 2.45) is 0 Å². The molecule has 0 bridgehead atoms. The van der Waals surface area contributed by atoms with Crippen LogP contribution in [0, 0.1) is 0 Å². The van der Waals surface area contributed by atoms with Gasteiger partial charge in [0, 0.05) is 19.3 Å². The zero-order chi connectivity index (χ0) is 54.7. The van der Waals surface area contributed by atoms with Crippen molar-refractivity contribution >= 4 is 23.9 Å². The molecule has 0 spiro atoms. The number of ether oxygens (including phenoxy) is 5. The van der Waals surface area contributed by atoms with Crippen molar-refractivity contribution in [3.05, 3.63) is 36.5 Å². The molecule has 0 aliphatic carbocycles. The number of hydrogen-bond donors (Lipinski definition) is 3. The van der Waals surface area contributed by atoms with Crippen molar-refractivity contribution in [2.75, 3.05) is 13.2 Å². The lowest BCUT2D eigenvalue weighted by atomic mass is 9.98. The van der Waals surface area contributed by atoms with Gasteiger partial charge in [0.25, 0.3) is 0 Å². The fourth-order valence-corrected chi connectivity index (χ4v) is 9.40. The van der Waals surface area contributed by atoms with Gasteiger partial charge >= 0.3 is 23.9 Å². The van der Waals surface area contributed by atoms with E-state index in [2.05, 4.69) is 57.2 Å². The average molecular weight is 1060 g/mol. The summed E-state index contributed by atoms with van der Waals surface area (Å²) in [4.78, 5) is 51.2. The second-order valence-electron chi connectivity index (χ2n) is 21.3. The molecule has 0 radical (unpaired) electrons. The van der Waals surface area contributed by atoms with E-state index < -0.39 is 67.3 Å². The van der Waals surface area contributed by atoms with E-state index in [1.54, 1.807) is 0 Å². The lowest BCUT2D eigenvalue weighted by Crippen LogP contribution is -2.61. The molecule has 0 saturated carbocycles. The molecular formula is C63H112O12. The molecule has 6 atom stereocenters. The van der Waals surface area contributed by atoms with Crippen LogP contribution in [0.2, 0.25) is 0 Å². The third-order valence-electron chi connectivity index (χ3n) is 14.2. The molecule has 1 fully saturated rings. The summed E-state index contributed by atoms with van der Waals surface area (Å²) in [6.45, 7) is 5.94. The minimum Gasteiger partial charge on any atom is -0.479 e. The van der Waals surface area contributed by atoms with Gasteiger partial charge in [0.1, 0.15) is 18.8 Å². The van der Waals surface area contributed by atoms with E-state index in [4.69, 9.17) is 23.7 Å². The first-order chi connectivity index (χ1) is 36.6. The fourth-order valence-electron chi connectivity index (χ4n) is 9.40. The van der Waals surface area contributed by atoms with Gasteiger partial charge in [-0.15, -0.1) is 0 Å². The largest absolute Gasteiger partial charge is 0.479 e. The molecule has 6 unspecified atom stereocenters. The highest BCUT2D eigenvalue weighted by Gasteiger charge is 2.50. The molecule has 0 aromatic heterocycles. The highest BCUT2D eigenvalue weighted by molar-refractivity contribution is 5.74. The van der Waals surface area contributed by atoms with Crippen LogP contribution in [0.3, 0.4) is 0 Å². The van der Waals surface area contributed by atoms with Gasteiger partial charge in [0.2, 0.25) is 0 Å². The Bertz CT molecular complexity index is 1450. The second-order valence-corrected chi connectivity index (χ2v) is 21.3. The third kappa shape index (κ3) is 41.7. The molecule has 75 heavy (non-hydrogen) atoms. The summed E-state index contributed by atoms with van der Waals surface area (Å²) in [5.74, 6) is -3.12. The fraction of sp³-hybridized carbons (Fsp3) is 0.841. The monoisotopic (exact) mass is 1060 g/mol. The summed E-state index contributed by atoms with van der Waals surface area (Å²) in [5.41, 5.74) is 0. The Morgan fingerprint density at radius 1 is 0.440 bits per heavy atom. The zero-order valence-electron chi connectivity index (χ0n) is 48.1. The van der Waals surface area contributed by atoms with Gasteiger partial charge in [-0.3, -0.25) is 14.4 Å². The Morgan fingerprint density at radius 3 is 1.27 bits per heavy atom. The first-order valence-electron chi connectivity index (χ1n) is 31.0. The summed E-state index contributed by atoms with van der Waals surface area (Å²) in [6.07, 6.45) is 48.3. The van der Waals surface area contributed by atoms with Gasteiger partial charge < -0.3 is 39.0 Å². The molecule has 1 saturated heterocycles. The first-order valence-corrected chi connectivity index (χ1v) is 31.0. The molecule has 0 amide bonds. The van der Waals surface area contributed by atoms with Crippen LogP contribution in [0.25, 0.3) is 0 Å². The number of hydrogen-bond acceptors (Lipinski definition) is 11. The Kier molecular flexibility index (Phi) is 48.2. The number of allylic oxidation sites excluding steroid dienone is 6. The van der Waals surface area contributed by atoms with E-state index in [9.17, 15) is 34.5 Å². The van der Waals surface area contributed by atoms with Crippen molar-refractivity contribution in [1.29, 1.82) is 0 Å². The number of rotatable bonds is 53. The van der Waals surface area contributed by atoms with Gasteiger partial charge in [-0.1, -0.05) is 237 Å². The van der Waals surface area contributed by atoms with Gasteiger partial charge in [-0.05, 0) is 70.6 Å². The van der Waals surface area contributed by atoms with Crippen molar-refractivity contribution in [3.8, 4) is 0 Å². The summed E-state index contributed by atoms with van der Waals surface area (Å²) in [5, 5.41) is 31.5. The molecule has 1 rings (SSSR count). The Morgan fingerprint density at radius 2 is 0.827 bits per heavy atom. The number of carbonyl (C=O) groups is 4. The van der Waals surface area contributed by atoms with Crippen LogP contribution in [0.5, 0.6) is 0 Å². The molecule has 0 aromatic rings. The maximum atomic E-state index is 13.2. The second kappa shape index (κ2) is 51.7. The van der Waals surface area contributed by atoms with E-state index in [1.165, 1.54) is 122 Å². The molecular weight excluding hydrogens is 949 g/mol. The number of unbranched alkanes of at least 4 members (excludes halogenated alkanes) is 33.